The summed E-state index contributed by atoms with van der Waals surface area (Å²) < 4.78 is 33.6. The molecule has 1 fully saturated rings. The Morgan fingerprint density at radius 3 is 2.35 bits per heavy atom. The maximum atomic E-state index is 13.8. The number of likely N-dealkylation sites (tertiary alicyclic amines) is 1. The second kappa shape index (κ2) is 13.4. The number of rotatable bonds is 10. The fraction of sp³-hybridized carbons (Fsp3) is 0.455. The highest BCUT2D eigenvalue weighted by Crippen LogP contribution is 2.40. The third-order valence-corrected chi connectivity index (χ3v) is 8.24. The number of aryl methyl sites for hydroxylation is 1. The van der Waals surface area contributed by atoms with Gasteiger partial charge >= 0.3 is 0 Å². The SMILES string of the molecule is Oc1ccc2c(c1)CCC(c1ccc(O)cc1N(Cc1ccc(OCCN3CCCCCC3)cc1)CC(F)F)C2. The molecule has 3 aromatic rings. The number of nitrogens with zero attached hydrogens (tertiary/aromatic N) is 2. The molecular formula is C33H40F2N2O3. The van der Waals surface area contributed by atoms with Gasteiger partial charge in [-0.25, -0.2) is 8.78 Å². The highest BCUT2D eigenvalue weighted by molar-refractivity contribution is 5.60. The molecule has 1 aliphatic carbocycles. The molecule has 1 heterocycles. The second-order valence-corrected chi connectivity index (χ2v) is 11.2. The Hall–Kier alpha value is -3.32. The van der Waals surface area contributed by atoms with Crippen molar-refractivity contribution in [1.82, 2.24) is 4.90 Å². The summed E-state index contributed by atoms with van der Waals surface area (Å²) in [4.78, 5) is 4.15. The van der Waals surface area contributed by atoms with Crippen LogP contribution in [0.5, 0.6) is 17.2 Å². The Morgan fingerprint density at radius 2 is 1.60 bits per heavy atom. The summed E-state index contributed by atoms with van der Waals surface area (Å²) in [5.74, 6) is 1.24. The lowest BCUT2D eigenvalue weighted by Crippen LogP contribution is -2.30. The van der Waals surface area contributed by atoms with Crippen molar-refractivity contribution in [3.63, 3.8) is 0 Å². The molecule has 0 aromatic heterocycles. The van der Waals surface area contributed by atoms with Crippen molar-refractivity contribution in [2.45, 2.75) is 63.8 Å². The van der Waals surface area contributed by atoms with Crippen molar-refractivity contribution < 1.29 is 23.7 Å². The number of anilines is 1. The summed E-state index contributed by atoms with van der Waals surface area (Å²) in [5, 5.41) is 20.2. The van der Waals surface area contributed by atoms with E-state index in [2.05, 4.69) is 4.90 Å². The maximum absolute atomic E-state index is 13.8. The van der Waals surface area contributed by atoms with Gasteiger partial charge in [0.15, 0.2) is 0 Å². The van der Waals surface area contributed by atoms with Crippen LogP contribution in [-0.4, -0.2) is 54.3 Å². The van der Waals surface area contributed by atoms with Crippen LogP contribution in [0.25, 0.3) is 0 Å². The zero-order valence-electron chi connectivity index (χ0n) is 23.1. The first-order valence-corrected chi connectivity index (χ1v) is 14.6. The Labute approximate surface area is 236 Å². The molecule has 3 aromatic carbocycles. The molecular weight excluding hydrogens is 510 g/mol. The lowest BCUT2D eigenvalue weighted by molar-refractivity contribution is 0.154. The van der Waals surface area contributed by atoms with E-state index in [4.69, 9.17) is 4.74 Å². The highest BCUT2D eigenvalue weighted by atomic mass is 19.3. The minimum Gasteiger partial charge on any atom is -0.508 e. The van der Waals surface area contributed by atoms with Crippen LogP contribution < -0.4 is 9.64 Å². The van der Waals surface area contributed by atoms with Crippen LogP contribution in [0.2, 0.25) is 0 Å². The van der Waals surface area contributed by atoms with E-state index in [-0.39, 0.29) is 17.4 Å². The number of fused-ring (bicyclic) bond motifs is 1. The molecule has 2 N–H and O–H groups in total. The molecule has 2 aliphatic rings. The third kappa shape index (κ3) is 7.45. The number of aromatic hydroxyl groups is 2. The van der Waals surface area contributed by atoms with Crippen molar-refractivity contribution >= 4 is 5.69 Å². The van der Waals surface area contributed by atoms with Crippen LogP contribution in [0.4, 0.5) is 14.5 Å². The molecule has 0 bridgehead atoms. The first-order valence-electron chi connectivity index (χ1n) is 14.6. The van der Waals surface area contributed by atoms with Crippen molar-refractivity contribution in [2.75, 3.05) is 37.7 Å². The largest absolute Gasteiger partial charge is 0.508 e. The number of hydrogen-bond donors (Lipinski definition) is 2. The topological polar surface area (TPSA) is 56.2 Å². The van der Waals surface area contributed by atoms with Gasteiger partial charge in [-0.2, -0.15) is 0 Å². The predicted molar refractivity (Wildman–Crippen MR) is 155 cm³/mol. The molecule has 1 atom stereocenters. The van der Waals surface area contributed by atoms with E-state index < -0.39 is 13.0 Å². The van der Waals surface area contributed by atoms with E-state index >= 15 is 0 Å². The summed E-state index contributed by atoms with van der Waals surface area (Å²) >= 11 is 0. The lowest BCUT2D eigenvalue weighted by atomic mass is 9.79. The van der Waals surface area contributed by atoms with E-state index in [1.165, 1.54) is 31.2 Å². The van der Waals surface area contributed by atoms with E-state index in [1.54, 1.807) is 23.1 Å². The van der Waals surface area contributed by atoms with Gasteiger partial charge in [-0.3, -0.25) is 4.90 Å². The number of benzene rings is 3. The van der Waals surface area contributed by atoms with Gasteiger partial charge in [-0.05, 0) is 104 Å². The Morgan fingerprint density at radius 1 is 0.875 bits per heavy atom. The highest BCUT2D eigenvalue weighted by Gasteiger charge is 2.26. The van der Waals surface area contributed by atoms with Crippen molar-refractivity contribution in [2.24, 2.45) is 0 Å². The van der Waals surface area contributed by atoms with Gasteiger partial charge in [0.1, 0.15) is 23.9 Å². The van der Waals surface area contributed by atoms with E-state index in [0.29, 0.717) is 18.8 Å². The molecule has 7 heteroatoms. The number of halogens is 2. The average molecular weight is 551 g/mol. The van der Waals surface area contributed by atoms with Crippen LogP contribution in [0.15, 0.2) is 60.7 Å². The minimum atomic E-state index is -2.52. The van der Waals surface area contributed by atoms with E-state index in [9.17, 15) is 19.0 Å². The van der Waals surface area contributed by atoms with Crippen molar-refractivity contribution in [3.05, 3.63) is 82.9 Å². The number of phenols is 2. The quantitative estimate of drug-likeness (QED) is 0.288. The zero-order chi connectivity index (χ0) is 27.9. The average Bonchev–Trinajstić information content (AvgIpc) is 3.22. The fourth-order valence-electron chi connectivity index (χ4n) is 6.14. The number of alkyl halides is 2. The predicted octanol–water partition coefficient (Wildman–Crippen LogP) is 6.90. The van der Waals surface area contributed by atoms with Gasteiger partial charge in [0, 0.05) is 24.8 Å². The smallest absolute Gasteiger partial charge is 0.255 e. The normalized spacial score (nSPS) is 17.8. The van der Waals surface area contributed by atoms with Gasteiger partial charge in [0.05, 0.1) is 6.54 Å². The first-order chi connectivity index (χ1) is 19.4. The Bertz CT molecular complexity index is 1240. The molecule has 0 saturated carbocycles. The van der Waals surface area contributed by atoms with Crippen molar-refractivity contribution in [3.8, 4) is 17.2 Å². The third-order valence-electron chi connectivity index (χ3n) is 8.24. The summed E-state index contributed by atoms with van der Waals surface area (Å²) in [7, 11) is 0. The van der Waals surface area contributed by atoms with Gasteiger partial charge in [0.25, 0.3) is 6.43 Å². The maximum Gasteiger partial charge on any atom is 0.255 e. The van der Waals surface area contributed by atoms with E-state index in [0.717, 1.165) is 61.3 Å². The van der Waals surface area contributed by atoms with Crippen LogP contribution >= 0.6 is 0 Å². The lowest BCUT2D eigenvalue weighted by Gasteiger charge is -2.32. The second-order valence-electron chi connectivity index (χ2n) is 11.2. The molecule has 0 amide bonds. The molecule has 5 nitrogen and oxygen atoms in total. The summed E-state index contributed by atoms with van der Waals surface area (Å²) in [5.41, 5.74) is 4.81. The summed E-state index contributed by atoms with van der Waals surface area (Å²) in [6.07, 6.45) is 5.03. The first kappa shape index (κ1) is 28.2. The van der Waals surface area contributed by atoms with Crippen LogP contribution in [0.3, 0.4) is 0 Å². The zero-order valence-corrected chi connectivity index (χ0v) is 23.1. The molecule has 40 heavy (non-hydrogen) atoms. The molecule has 5 rings (SSSR count). The Balaban J connectivity index is 1.28. The minimum absolute atomic E-state index is 0.0623. The molecule has 1 saturated heterocycles. The number of phenolic OH excluding ortho intramolecular Hbond substituents is 2. The fourth-order valence-corrected chi connectivity index (χ4v) is 6.14. The van der Waals surface area contributed by atoms with Gasteiger partial charge in [0.2, 0.25) is 0 Å². The van der Waals surface area contributed by atoms with Gasteiger partial charge < -0.3 is 19.8 Å². The standard InChI is InChI=1S/C33H40F2N2O3/c34-33(35)23-37(22-24-5-12-30(13-6-24)40-18-17-36-15-3-1-2-4-16-36)32-21-29(39)11-14-31(32)27-8-7-26-20-28(38)10-9-25(26)19-27/h5-6,9-14,20-21,27,33,38-39H,1-4,7-8,15-19,22-23H2. The summed E-state index contributed by atoms with van der Waals surface area (Å²) in [6.45, 7) is 3.69. The molecule has 0 radical (unpaired) electrons. The monoisotopic (exact) mass is 550 g/mol. The van der Waals surface area contributed by atoms with Gasteiger partial charge in [-0.15, -0.1) is 0 Å². The van der Waals surface area contributed by atoms with Crippen LogP contribution in [0.1, 0.15) is 60.3 Å². The van der Waals surface area contributed by atoms with Crippen molar-refractivity contribution in [1.29, 1.82) is 0 Å². The van der Waals surface area contributed by atoms with Gasteiger partial charge in [-0.1, -0.05) is 37.1 Å². The van der Waals surface area contributed by atoms with Crippen LogP contribution in [0, 0.1) is 0 Å². The van der Waals surface area contributed by atoms with Crippen LogP contribution in [-0.2, 0) is 19.4 Å². The summed E-state index contributed by atoms with van der Waals surface area (Å²) in [6, 6.07) is 18.3. The molecule has 0 spiro atoms. The molecule has 1 unspecified atom stereocenters. The number of hydrogen-bond acceptors (Lipinski definition) is 5. The van der Waals surface area contributed by atoms with E-state index in [1.807, 2.05) is 42.5 Å². The Kier molecular flexibility index (Phi) is 9.42. The molecule has 214 valence electrons. The number of ether oxygens (including phenoxy) is 1. The molecule has 1 aliphatic heterocycles.